The monoisotopic (exact) mass is 233 g/mol. The predicted octanol–water partition coefficient (Wildman–Crippen LogP) is 2.13. The highest BCUT2D eigenvalue weighted by Gasteiger charge is 2.37. The summed E-state index contributed by atoms with van der Waals surface area (Å²) in [6.07, 6.45) is -4.84. The van der Waals surface area contributed by atoms with E-state index in [-0.39, 0.29) is 5.56 Å². The van der Waals surface area contributed by atoms with Crippen LogP contribution in [0.1, 0.15) is 15.9 Å². The Bertz CT molecular complexity index is 440. The summed E-state index contributed by atoms with van der Waals surface area (Å²) in [5, 5.41) is 19.0. The van der Waals surface area contributed by atoms with Crippen LogP contribution in [-0.4, -0.2) is 28.2 Å². The lowest BCUT2D eigenvalue weighted by atomic mass is 10.1. The van der Waals surface area contributed by atoms with Gasteiger partial charge in [-0.15, -0.1) is 0 Å². The first-order valence-electron chi connectivity index (χ1n) is 3.99. The zero-order chi connectivity index (χ0) is 12.3. The lowest BCUT2D eigenvalue weighted by Crippen LogP contribution is -2.24. The number of halogens is 3. The van der Waals surface area contributed by atoms with E-state index in [2.05, 4.69) is 5.16 Å². The van der Waals surface area contributed by atoms with Crippen LogP contribution >= 0.6 is 0 Å². The van der Waals surface area contributed by atoms with Gasteiger partial charge in [-0.25, -0.2) is 4.79 Å². The number of oxime groups is 1. The van der Waals surface area contributed by atoms with Gasteiger partial charge in [-0.2, -0.15) is 13.2 Å². The number of nitrogens with zero attached hydrogens (tertiary/aromatic N) is 1. The maximum Gasteiger partial charge on any atom is 0.437 e. The Morgan fingerprint density at radius 2 is 1.81 bits per heavy atom. The number of carboxylic acid groups (broad SMARTS) is 1. The first kappa shape index (κ1) is 12.0. The summed E-state index contributed by atoms with van der Waals surface area (Å²) in [6, 6.07) is 4.06. The molecule has 0 unspecified atom stereocenters. The smallest absolute Gasteiger partial charge is 0.437 e. The molecule has 0 amide bonds. The lowest BCUT2D eigenvalue weighted by molar-refractivity contribution is -0.0601. The Morgan fingerprint density at radius 3 is 2.25 bits per heavy atom. The SMILES string of the molecule is O=C(O)c1cccc(C(=NO)C(F)(F)F)c1. The molecular weight excluding hydrogens is 227 g/mol. The Balaban J connectivity index is 3.23. The molecule has 0 spiro atoms. The molecule has 0 fully saturated rings. The molecule has 0 bridgehead atoms. The molecule has 0 aliphatic heterocycles. The van der Waals surface area contributed by atoms with E-state index in [1.54, 1.807) is 0 Å². The van der Waals surface area contributed by atoms with E-state index in [4.69, 9.17) is 10.3 Å². The molecule has 1 aromatic carbocycles. The van der Waals surface area contributed by atoms with E-state index in [1.807, 2.05) is 0 Å². The second-order valence-electron chi connectivity index (χ2n) is 2.83. The summed E-state index contributed by atoms with van der Waals surface area (Å²) in [5.74, 6) is -1.36. The van der Waals surface area contributed by atoms with Gasteiger partial charge in [0.2, 0.25) is 0 Å². The van der Waals surface area contributed by atoms with Gasteiger partial charge >= 0.3 is 12.1 Å². The Labute approximate surface area is 87.6 Å². The number of benzene rings is 1. The van der Waals surface area contributed by atoms with E-state index >= 15 is 0 Å². The number of aromatic carboxylic acids is 1. The van der Waals surface area contributed by atoms with E-state index in [0.29, 0.717) is 0 Å². The second kappa shape index (κ2) is 4.21. The van der Waals surface area contributed by atoms with E-state index in [0.717, 1.165) is 24.3 Å². The highest BCUT2D eigenvalue weighted by molar-refractivity contribution is 6.05. The van der Waals surface area contributed by atoms with Crippen molar-refractivity contribution in [2.24, 2.45) is 5.16 Å². The van der Waals surface area contributed by atoms with Gasteiger partial charge < -0.3 is 10.3 Å². The van der Waals surface area contributed by atoms with Crippen molar-refractivity contribution in [1.82, 2.24) is 0 Å². The number of carbonyl (C=O) groups is 1. The highest BCUT2D eigenvalue weighted by atomic mass is 19.4. The van der Waals surface area contributed by atoms with Crippen LogP contribution in [0.15, 0.2) is 29.4 Å². The van der Waals surface area contributed by atoms with Crippen molar-refractivity contribution in [2.75, 3.05) is 0 Å². The molecule has 0 atom stereocenters. The number of hydrogen-bond donors (Lipinski definition) is 2. The average molecular weight is 233 g/mol. The zero-order valence-corrected chi connectivity index (χ0v) is 7.69. The number of hydrogen-bond acceptors (Lipinski definition) is 3. The Hall–Kier alpha value is -2.05. The van der Waals surface area contributed by atoms with Crippen molar-refractivity contribution in [3.8, 4) is 0 Å². The summed E-state index contributed by atoms with van der Waals surface area (Å²) >= 11 is 0. The van der Waals surface area contributed by atoms with Crippen LogP contribution in [0.4, 0.5) is 13.2 Å². The van der Waals surface area contributed by atoms with Crippen LogP contribution in [0.5, 0.6) is 0 Å². The normalized spacial score (nSPS) is 12.6. The van der Waals surface area contributed by atoms with Crippen molar-refractivity contribution < 1.29 is 28.3 Å². The Kier molecular flexibility index (Phi) is 3.17. The van der Waals surface area contributed by atoms with Crippen LogP contribution < -0.4 is 0 Å². The molecule has 0 aromatic heterocycles. The fourth-order valence-electron chi connectivity index (χ4n) is 1.08. The van der Waals surface area contributed by atoms with Crippen LogP contribution in [0.2, 0.25) is 0 Å². The molecule has 1 aromatic rings. The molecule has 2 N–H and O–H groups in total. The number of carboxylic acids is 1. The van der Waals surface area contributed by atoms with Crippen molar-refractivity contribution in [3.05, 3.63) is 35.4 Å². The fraction of sp³-hybridized carbons (Fsp3) is 0.111. The zero-order valence-electron chi connectivity index (χ0n) is 7.69. The maximum atomic E-state index is 12.3. The minimum absolute atomic E-state index is 0.317. The van der Waals surface area contributed by atoms with Gasteiger partial charge in [0.1, 0.15) is 0 Å². The Morgan fingerprint density at radius 1 is 1.25 bits per heavy atom. The first-order chi connectivity index (χ1) is 7.36. The molecule has 7 heteroatoms. The molecule has 0 aliphatic rings. The van der Waals surface area contributed by atoms with Gasteiger partial charge in [-0.05, 0) is 12.1 Å². The molecule has 0 saturated heterocycles. The third kappa shape index (κ3) is 2.50. The van der Waals surface area contributed by atoms with Crippen molar-refractivity contribution >= 4 is 11.7 Å². The maximum absolute atomic E-state index is 12.3. The molecular formula is C9H6F3NO3. The van der Waals surface area contributed by atoms with Gasteiger partial charge in [-0.3, -0.25) is 0 Å². The standard InChI is InChI=1S/C9H6F3NO3/c10-9(11,12)7(13-16)5-2-1-3-6(4-5)8(14)15/h1-4,16H,(H,14,15). The van der Waals surface area contributed by atoms with E-state index in [1.165, 1.54) is 0 Å². The summed E-state index contributed by atoms with van der Waals surface area (Å²) in [6.45, 7) is 0. The molecule has 1 rings (SSSR count). The largest absolute Gasteiger partial charge is 0.478 e. The average Bonchev–Trinajstić information content (AvgIpc) is 2.17. The summed E-state index contributed by atoms with van der Waals surface area (Å²) < 4.78 is 36.9. The second-order valence-corrected chi connectivity index (χ2v) is 2.83. The summed E-state index contributed by atoms with van der Waals surface area (Å²) in [5.41, 5.74) is -2.35. The van der Waals surface area contributed by atoms with Gasteiger partial charge in [-0.1, -0.05) is 17.3 Å². The fourth-order valence-corrected chi connectivity index (χ4v) is 1.08. The lowest BCUT2D eigenvalue weighted by Gasteiger charge is -2.08. The van der Waals surface area contributed by atoms with E-state index in [9.17, 15) is 18.0 Å². The summed E-state index contributed by atoms with van der Waals surface area (Å²) in [7, 11) is 0. The van der Waals surface area contributed by atoms with Gasteiger partial charge in [0.25, 0.3) is 0 Å². The van der Waals surface area contributed by atoms with Crippen LogP contribution in [-0.2, 0) is 0 Å². The van der Waals surface area contributed by atoms with Crippen molar-refractivity contribution in [3.63, 3.8) is 0 Å². The third-order valence-corrected chi connectivity index (χ3v) is 1.75. The molecule has 0 aliphatic carbocycles. The van der Waals surface area contributed by atoms with Crippen LogP contribution in [0, 0.1) is 0 Å². The van der Waals surface area contributed by atoms with Crippen LogP contribution in [0.25, 0.3) is 0 Å². The van der Waals surface area contributed by atoms with Gasteiger partial charge in [0.15, 0.2) is 5.71 Å². The van der Waals surface area contributed by atoms with Crippen molar-refractivity contribution in [1.29, 1.82) is 0 Å². The molecule has 86 valence electrons. The summed E-state index contributed by atoms with van der Waals surface area (Å²) in [4.78, 5) is 10.5. The molecule has 0 heterocycles. The highest BCUT2D eigenvalue weighted by Crippen LogP contribution is 2.22. The van der Waals surface area contributed by atoms with E-state index < -0.39 is 23.4 Å². The number of rotatable bonds is 2. The van der Waals surface area contributed by atoms with Gasteiger partial charge in [0, 0.05) is 5.56 Å². The minimum atomic E-state index is -4.84. The quantitative estimate of drug-likeness (QED) is 0.467. The number of alkyl halides is 3. The predicted molar refractivity (Wildman–Crippen MR) is 47.8 cm³/mol. The topological polar surface area (TPSA) is 69.9 Å². The molecule has 4 nitrogen and oxygen atoms in total. The minimum Gasteiger partial charge on any atom is -0.478 e. The van der Waals surface area contributed by atoms with Crippen molar-refractivity contribution in [2.45, 2.75) is 6.18 Å². The molecule has 0 radical (unpaired) electrons. The van der Waals surface area contributed by atoms with Gasteiger partial charge in [0.05, 0.1) is 5.56 Å². The molecule has 0 saturated carbocycles. The van der Waals surface area contributed by atoms with Crippen LogP contribution in [0.3, 0.4) is 0 Å². The molecule has 16 heavy (non-hydrogen) atoms. The first-order valence-corrected chi connectivity index (χ1v) is 3.99. The third-order valence-electron chi connectivity index (χ3n) is 1.75.